The van der Waals surface area contributed by atoms with Crippen LogP contribution in [0.25, 0.3) is 0 Å². The Morgan fingerprint density at radius 2 is 1.10 bits per heavy atom. The lowest BCUT2D eigenvalue weighted by Gasteiger charge is -2.19. The van der Waals surface area contributed by atoms with E-state index in [-0.39, 0.29) is 23.8 Å². The summed E-state index contributed by atoms with van der Waals surface area (Å²) in [5.74, 6) is 2.82. The van der Waals surface area contributed by atoms with Crippen molar-refractivity contribution in [1.29, 1.82) is 0 Å². The fourth-order valence-electron chi connectivity index (χ4n) is 5.59. The highest BCUT2D eigenvalue weighted by molar-refractivity contribution is 5.96. The quantitative estimate of drug-likeness (QED) is 0.0712. The topological polar surface area (TPSA) is 136 Å². The third-order valence-corrected chi connectivity index (χ3v) is 8.45. The molecule has 0 fully saturated rings. The van der Waals surface area contributed by atoms with Crippen LogP contribution in [0, 0.1) is 20.8 Å². The molecule has 51 heavy (non-hydrogen) atoms. The Kier molecular flexibility index (Phi) is 22.9. The lowest BCUT2D eigenvalue weighted by Crippen LogP contribution is -2.26. The Labute approximate surface area is 307 Å². The predicted molar refractivity (Wildman–Crippen MR) is 210 cm³/mol. The van der Waals surface area contributed by atoms with E-state index in [0.29, 0.717) is 6.42 Å². The van der Waals surface area contributed by atoms with Gasteiger partial charge in [-0.3, -0.25) is 9.59 Å². The van der Waals surface area contributed by atoms with E-state index in [9.17, 15) is 9.59 Å². The van der Waals surface area contributed by atoms with Crippen molar-refractivity contribution in [3.63, 3.8) is 0 Å². The van der Waals surface area contributed by atoms with E-state index >= 15 is 0 Å². The molecule has 3 rings (SSSR count). The first-order valence-corrected chi connectivity index (χ1v) is 17.9. The standard InChI is InChI=1S/C15H24N2O2.C13H22N2O.C13H19NO2/c1-11-10-13(7-8-15(11)19-4)14(17-12(2)18)6-5-9-16-3;1-10-9-11(6-7-13(10)16-3)12(14)5-4-8-15-2;1-10-9-11(6-7-13(10)16-3)12(15)5-4-8-14-2/h7-8,10,14,16H,5-6,9H2,1-4H3,(H,17,18);6-7,9,12,15H,4-5,8,14H2,1-3H3;6-7,9,14H,4-5,8H2,1-3H3/t14-;12-;/m11./s1. The van der Waals surface area contributed by atoms with Crippen LogP contribution in [0.1, 0.15) is 95.7 Å². The van der Waals surface area contributed by atoms with E-state index in [0.717, 1.165) is 96.8 Å². The van der Waals surface area contributed by atoms with E-state index in [4.69, 9.17) is 19.9 Å². The Morgan fingerprint density at radius 3 is 1.57 bits per heavy atom. The van der Waals surface area contributed by atoms with Crippen molar-refractivity contribution in [3.05, 3.63) is 88.0 Å². The smallest absolute Gasteiger partial charge is 0.217 e. The summed E-state index contributed by atoms with van der Waals surface area (Å²) in [4.78, 5) is 23.1. The van der Waals surface area contributed by atoms with Crippen molar-refractivity contribution < 1.29 is 23.8 Å². The number of nitrogens with two attached hydrogens (primary N) is 1. The maximum Gasteiger partial charge on any atom is 0.217 e. The molecule has 0 saturated carbocycles. The number of nitrogens with one attached hydrogen (secondary N) is 4. The summed E-state index contributed by atoms with van der Waals surface area (Å²) in [5, 5.41) is 12.3. The minimum atomic E-state index is 0.00271. The van der Waals surface area contributed by atoms with Gasteiger partial charge in [-0.15, -0.1) is 0 Å². The Hall–Kier alpha value is -3.96. The second-order valence-electron chi connectivity index (χ2n) is 12.6. The normalized spacial score (nSPS) is 11.6. The highest BCUT2D eigenvalue weighted by Crippen LogP contribution is 2.26. The zero-order valence-electron chi connectivity index (χ0n) is 32.8. The van der Waals surface area contributed by atoms with E-state index < -0.39 is 0 Å². The third kappa shape index (κ3) is 17.2. The number of aryl methyl sites for hydroxylation is 3. The van der Waals surface area contributed by atoms with Crippen LogP contribution >= 0.6 is 0 Å². The molecule has 3 aromatic carbocycles. The van der Waals surface area contributed by atoms with Gasteiger partial charge in [0, 0.05) is 24.9 Å². The van der Waals surface area contributed by atoms with Gasteiger partial charge in [-0.1, -0.05) is 24.3 Å². The van der Waals surface area contributed by atoms with Crippen molar-refractivity contribution in [2.45, 2.75) is 78.3 Å². The van der Waals surface area contributed by atoms with E-state index in [1.165, 1.54) is 5.56 Å². The SMILES string of the molecule is CNCCCC(=O)c1ccc(OC)c(C)c1.CNCCC[C@@H](N)c1ccc(OC)c(C)c1.CNCCC[C@@H](NC(C)=O)c1ccc(OC)c(C)c1. The molecule has 0 heterocycles. The first-order chi connectivity index (χ1) is 24.4. The van der Waals surface area contributed by atoms with E-state index in [1.807, 2.05) is 78.3 Å². The lowest BCUT2D eigenvalue weighted by molar-refractivity contribution is -0.119. The number of hydrogen-bond donors (Lipinski definition) is 5. The largest absolute Gasteiger partial charge is 0.496 e. The number of hydrogen-bond acceptors (Lipinski definition) is 9. The third-order valence-electron chi connectivity index (χ3n) is 8.45. The van der Waals surface area contributed by atoms with Gasteiger partial charge in [-0.05, 0) is 152 Å². The van der Waals surface area contributed by atoms with Crippen molar-refractivity contribution in [3.8, 4) is 17.2 Å². The summed E-state index contributed by atoms with van der Waals surface area (Å²) in [7, 11) is 10.8. The maximum absolute atomic E-state index is 11.8. The molecule has 0 radical (unpaired) electrons. The average molecular weight is 708 g/mol. The molecule has 0 spiro atoms. The minimum Gasteiger partial charge on any atom is -0.496 e. The van der Waals surface area contributed by atoms with Crippen LogP contribution in [-0.4, -0.2) is 73.8 Å². The van der Waals surface area contributed by atoms with Gasteiger partial charge in [-0.2, -0.15) is 0 Å². The molecule has 0 aliphatic heterocycles. The molecular weight excluding hydrogens is 642 g/mol. The van der Waals surface area contributed by atoms with Gasteiger partial charge in [-0.25, -0.2) is 0 Å². The van der Waals surface area contributed by atoms with E-state index in [1.54, 1.807) is 28.3 Å². The van der Waals surface area contributed by atoms with Crippen LogP contribution in [0.3, 0.4) is 0 Å². The number of Topliss-reactive ketones (excluding diaryl/α,β-unsaturated/α-hetero) is 1. The molecule has 2 atom stereocenters. The number of methoxy groups -OCH3 is 3. The predicted octanol–water partition coefficient (Wildman–Crippen LogP) is 6.37. The van der Waals surface area contributed by atoms with E-state index in [2.05, 4.69) is 39.5 Å². The summed E-state index contributed by atoms with van der Waals surface area (Å²) in [6.07, 6.45) is 5.51. The molecule has 0 aromatic heterocycles. The number of carbonyl (C=O) groups excluding carboxylic acids is 2. The number of ether oxygens (including phenoxy) is 3. The van der Waals surface area contributed by atoms with Crippen LogP contribution in [-0.2, 0) is 4.79 Å². The molecule has 10 heteroatoms. The average Bonchev–Trinajstić information content (AvgIpc) is 3.11. The van der Waals surface area contributed by atoms with Gasteiger partial charge in [0.25, 0.3) is 0 Å². The first kappa shape index (κ1) is 45.1. The minimum absolute atomic E-state index is 0.00271. The fourth-order valence-corrected chi connectivity index (χ4v) is 5.59. The molecule has 0 saturated heterocycles. The highest BCUT2D eigenvalue weighted by Gasteiger charge is 2.14. The van der Waals surface area contributed by atoms with Gasteiger partial charge >= 0.3 is 0 Å². The summed E-state index contributed by atoms with van der Waals surface area (Å²) in [6, 6.07) is 18.0. The lowest BCUT2D eigenvalue weighted by atomic mass is 9.99. The molecule has 3 aromatic rings. The number of rotatable bonds is 19. The number of carbonyl (C=O) groups is 2. The van der Waals surface area contributed by atoms with Crippen molar-refractivity contribution in [1.82, 2.24) is 21.3 Å². The first-order valence-electron chi connectivity index (χ1n) is 17.9. The molecule has 0 unspecified atom stereocenters. The van der Waals surface area contributed by atoms with Gasteiger partial charge in [0.2, 0.25) is 5.91 Å². The number of benzene rings is 3. The van der Waals surface area contributed by atoms with Gasteiger partial charge in [0.1, 0.15) is 17.2 Å². The molecule has 0 aliphatic rings. The molecule has 6 N–H and O–H groups in total. The van der Waals surface area contributed by atoms with Crippen molar-refractivity contribution in [2.75, 3.05) is 62.1 Å². The van der Waals surface area contributed by atoms with Gasteiger partial charge in [0.15, 0.2) is 5.78 Å². The number of ketones is 1. The Balaban J connectivity index is 0.000000385. The van der Waals surface area contributed by atoms with Gasteiger partial charge in [0.05, 0.1) is 27.4 Å². The zero-order chi connectivity index (χ0) is 38.2. The monoisotopic (exact) mass is 707 g/mol. The summed E-state index contributed by atoms with van der Waals surface area (Å²) >= 11 is 0. The summed E-state index contributed by atoms with van der Waals surface area (Å²) in [6.45, 7) is 10.4. The van der Waals surface area contributed by atoms with Crippen LogP contribution in [0.15, 0.2) is 54.6 Å². The Bertz CT molecular complexity index is 1450. The molecule has 10 nitrogen and oxygen atoms in total. The molecular formula is C41H65N5O5. The summed E-state index contributed by atoms with van der Waals surface area (Å²) in [5.41, 5.74) is 12.5. The maximum atomic E-state index is 11.8. The van der Waals surface area contributed by atoms with Crippen LogP contribution < -0.4 is 41.2 Å². The van der Waals surface area contributed by atoms with Crippen LogP contribution in [0.5, 0.6) is 17.2 Å². The molecule has 0 bridgehead atoms. The van der Waals surface area contributed by atoms with Crippen LogP contribution in [0.4, 0.5) is 0 Å². The number of amides is 1. The fraction of sp³-hybridized carbons (Fsp3) is 0.512. The molecule has 284 valence electrons. The molecule has 1 amide bonds. The summed E-state index contributed by atoms with van der Waals surface area (Å²) < 4.78 is 15.6. The van der Waals surface area contributed by atoms with Gasteiger partial charge < -0.3 is 41.2 Å². The zero-order valence-corrected chi connectivity index (χ0v) is 32.8. The molecule has 0 aliphatic carbocycles. The van der Waals surface area contributed by atoms with Crippen molar-refractivity contribution >= 4 is 11.7 Å². The second-order valence-corrected chi connectivity index (χ2v) is 12.6. The van der Waals surface area contributed by atoms with Crippen LogP contribution in [0.2, 0.25) is 0 Å². The van der Waals surface area contributed by atoms with Crippen molar-refractivity contribution in [2.24, 2.45) is 5.73 Å². The second kappa shape index (κ2) is 25.9. The Morgan fingerprint density at radius 1 is 0.647 bits per heavy atom. The highest BCUT2D eigenvalue weighted by atomic mass is 16.5.